The van der Waals surface area contributed by atoms with Crippen molar-refractivity contribution >= 4 is 36.4 Å². The lowest BCUT2D eigenvalue weighted by molar-refractivity contribution is -0.384. The molecule has 0 radical (unpaired) electrons. The number of thiophene rings is 1. The first-order chi connectivity index (χ1) is 15.1. The number of hydrogen-bond donors (Lipinski definition) is 3. The van der Waals surface area contributed by atoms with Crippen LogP contribution in [0, 0.1) is 17.0 Å². The van der Waals surface area contributed by atoms with Gasteiger partial charge < -0.3 is 19.5 Å². The Hall–Kier alpha value is -2.08. The highest BCUT2D eigenvalue weighted by Crippen LogP contribution is 2.38. The van der Waals surface area contributed by atoms with Gasteiger partial charge >= 0.3 is 7.60 Å². The molecule has 0 saturated carbocycles. The molecule has 0 aliphatic rings. The van der Waals surface area contributed by atoms with Crippen LogP contribution in [0.2, 0.25) is 0 Å². The maximum absolute atomic E-state index is 11.0. The molecule has 3 rings (SSSR count). The second kappa shape index (κ2) is 10.7. The van der Waals surface area contributed by atoms with Gasteiger partial charge in [0.25, 0.3) is 16.8 Å². The molecule has 0 amide bonds. The lowest BCUT2D eigenvalue weighted by atomic mass is 10.1. The number of aromatic nitrogens is 2. The van der Waals surface area contributed by atoms with Gasteiger partial charge in [-0.15, -0.1) is 21.5 Å². The number of thioether (sulfide) groups is 1. The molecule has 1 aromatic carbocycles. The second-order valence-electron chi connectivity index (χ2n) is 7.13. The minimum Gasteiger partial charge on any atom is -0.410 e. The van der Waals surface area contributed by atoms with Crippen LogP contribution in [0.5, 0.6) is 0 Å². The zero-order chi connectivity index (χ0) is 23.3. The molecule has 0 saturated heterocycles. The van der Waals surface area contributed by atoms with Gasteiger partial charge in [-0.3, -0.25) is 14.7 Å². The van der Waals surface area contributed by atoms with E-state index in [0.29, 0.717) is 30.6 Å². The van der Waals surface area contributed by atoms with Crippen molar-refractivity contribution in [3.05, 3.63) is 56.5 Å². The Labute approximate surface area is 192 Å². The van der Waals surface area contributed by atoms with E-state index in [9.17, 15) is 14.7 Å². The highest BCUT2D eigenvalue weighted by atomic mass is 32.2. The van der Waals surface area contributed by atoms with E-state index in [0.717, 1.165) is 20.9 Å². The van der Waals surface area contributed by atoms with Crippen molar-refractivity contribution < 1.29 is 23.7 Å². The summed E-state index contributed by atoms with van der Waals surface area (Å²) in [6.45, 7) is 4.95. The molecule has 0 bridgehead atoms. The number of non-ortho nitro benzene ring substituents is 1. The van der Waals surface area contributed by atoms with Gasteiger partial charge in [0.2, 0.25) is 0 Å². The number of nitro benzene ring substituents is 1. The van der Waals surface area contributed by atoms with E-state index in [4.69, 9.17) is 14.2 Å². The van der Waals surface area contributed by atoms with Gasteiger partial charge in [0.05, 0.1) is 16.0 Å². The zero-order valence-corrected chi connectivity index (χ0v) is 20.0. The minimum atomic E-state index is -3.95. The van der Waals surface area contributed by atoms with Gasteiger partial charge in [0, 0.05) is 28.8 Å². The maximum atomic E-state index is 11.0. The van der Waals surface area contributed by atoms with Crippen LogP contribution < -0.4 is 5.32 Å². The van der Waals surface area contributed by atoms with Crippen LogP contribution in [-0.4, -0.2) is 37.6 Å². The SMILES string of the molecule is Cc1cc(CNCCCP(=O)(O)O)sc1-c1nnc(SC(C)c2cccc([N+](=O)[O-])c2)o1. The standard InChI is InChI=1S/C19H23N4O6PS2/c1-12-9-16(11-20-7-4-8-30(26,27)28)32-17(12)18-21-22-19(29-18)31-13(2)14-5-3-6-15(10-14)23(24)25/h3,5-6,9-10,13,20H,4,7-8,11H2,1-2H3,(H2,26,27,28). The van der Waals surface area contributed by atoms with Crippen molar-refractivity contribution in [3.63, 3.8) is 0 Å². The van der Waals surface area contributed by atoms with Gasteiger partial charge in [-0.25, -0.2) is 0 Å². The number of benzene rings is 1. The van der Waals surface area contributed by atoms with E-state index in [1.165, 1.54) is 35.2 Å². The summed E-state index contributed by atoms with van der Waals surface area (Å²) in [5.74, 6) is 0.411. The van der Waals surface area contributed by atoms with Crippen molar-refractivity contribution in [2.75, 3.05) is 12.7 Å². The average Bonchev–Trinajstić information content (AvgIpc) is 3.33. The smallest absolute Gasteiger partial charge is 0.325 e. The zero-order valence-electron chi connectivity index (χ0n) is 17.4. The van der Waals surface area contributed by atoms with Crippen LogP contribution in [0.3, 0.4) is 0 Å². The average molecular weight is 499 g/mol. The molecule has 1 atom stereocenters. The Balaban J connectivity index is 1.60. The Morgan fingerprint density at radius 1 is 1.34 bits per heavy atom. The lowest BCUT2D eigenvalue weighted by Crippen LogP contribution is -2.15. The Bertz CT molecular complexity index is 1130. The summed E-state index contributed by atoms with van der Waals surface area (Å²) in [6.07, 6.45) is 0.264. The van der Waals surface area contributed by atoms with Gasteiger partial charge in [-0.1, -0.05) is 23.9 Å². The first-order valence-corrected chi connectivity index (χ1v) is 13.2. The summed E-state index contributed by atoms with van der Waals surface area (Å²) < 4.78 is 16.7. The van der Waals surface area contributed by atoms with E-state index >= 15 is 0 Å². The van der Waals surface area contributed by atoms with E-state index < -0.39 is 12.5 Å². The Morgan fingerprint density at radius 3 is 2.84 bits per heavy atom. The van der Waals surface area contributed by atoms with Crippen LogP contribution in [0.25, 0.3) is 10.8 Å². The van der Waals surface area contributed by atoms with Crippen molar-refractivity contribution in [1.82, 2.24) is 15.5 Å². The number of aryl methyl sites for hydroxylation is 1. The monoisotopic (exact) mass is 498 g/mol. The molecule has 172 valence electrons. The topological polar surface area (TPSA) is 152 Å². The molecule has 0 aliphatic heterocycles. The van der Waals surface area contributed by atoms with Crippen molar-refractivity contribution in [2.45, 2.75) is 37.3 Å². The highest BCUT2D eigenvalue weighted by molar-refractivity contribution is 7.99. The van der Waals surface area contributed by atoms with Gasteiger partial charge in [0.15, 0.2) is 0 Å². The first kappa shape index (κ1) is 24.6. The fraction of sp³-hybridized carbons (Fsp3) is 0.368. The largest absolute Gasteiger partial charge is 0.410 e. The number of nitro groups is 1. The fourth-order valence-corrected chi connectivity index (χ4v) is 5.36. The number of hydrogen-bond acceptors (Lipinski definition) is 9. The molecule has 0 aliphatic carbocycles. The molecular formula is C19H23N4O6PS2. The summed E-state index contributed by atoms with van der Waals surface area (Å²) in [6, 6.07) is 8.48. The van der Waals surface area contributed by atoms with Crippen LogP contribution >= 0.6 is 30.7 Å². The van der Waals surface area contributed by atoms with E-state index in [1.54, 1.807) is 6.07 Å². The maximum Gasteiger partial charge on any atom is 0.325 e. The molecule has 3 aromatic rings. The molecular weight excluding hydrogens is 475 g/mol. The van der Waals surface area contributed by atoms with Crippen LogP contribution in [0.15, 0.2) is 40.0 Å². The summed E-state index contributed by atoms with van der Waals surface area (Å²) >= 11 is 2.85. The van der Waals surface area contributed by atoms with Gasteiger partial charge in [-0.05, 0) is 44.0 Å². The molecule has 2 aromatic heterocycles. The number of nitrogens with one attached hydrogen (secondary N) is 1. The van der Waals surface area contributed by atoms with Crippen LogP contribution in [0.1, 0.15) is 34.6 Å². The van der Waals surface area contributed by atoms with Crippen LogP contribution in [-0.2, 0) is 11.1 Å². The quantitative estimate of drug-likeness (QED) is 0.113. The Kier molecular flexibility index (Phi) is 8.21. The highest BCUT2D eigenvalue weighted by Gasteiger charge is 2.19. The lowest BCUT2D eigenvalue weighted by Gasteiger charge is -2.08. The molecule has 0 spiro atoms. The third-order valence-corrected chi connectivity index (χ3v) is 7.62. The Morgan fingerprint density at radius 2 is 2.12 bits per heavy atom. The predicted octanol–water partition coefficient (Wildman–Crippen LogP) is 4.53. The number of rotatable bonds is 11. The van der Waals surface area contributed by atoms with E-state index in [2.05, 4.69) is 15.5 Å². The summed E-state index contributed by atoms with van der Waals surface area (Å²) in [5.41, 5.74) is 1.83. The molecule has 3 N–H and O–H groups in total. The minimum absolute atomic E-state index is 0.0400. The third-order valence-electron chi connectivity index (χ3n) is 4.50. The van der Waals surface area contributed by atoms with Crippen LogP contribution in [0.4, 0.5) is 5.69 Å². The second-order valence-corrected chi connectivity index (χ2v) is 11.3. The normalized spacial score (nSPS) is 12.8. The van der Waals surface area contributed by atoms with Crippen molar-refractivity contribution in [1.29, 1.82) is 0 Å². The fourth-order valence-electron chi connectivity index (χ4n) is 2.93. The summed E-state index contributed by atoms with van der Waals surface area (Å²) in [7, 11) is -3.95. The molecule has 32 heavy (non-hydrogen) atoms. The number of nitrogens with zero attached hydrogens (tertiary/aromatic N) is 3. The van der Waals surface area contributed by atoms with Gasteiger partial charge in [-0.2, -0.15) is 0 Å². The molecule has 1 unspecified atom stereocenters. The molecule has 0 fully saturated rings. The van der Waals surface area contributed by atoms with Crippen molar-refractivity contribution in [2.24, 2.45) is 0 Å². The van der Waals surface area contributed by atoms with Crippen molar-refractivity contribution in [3.8, 4) is 10.8 Å². The predicted molar refractivity (Wildman–Crippen MR) is 123 cm³/mol. The van der Waals surface area contributed by atoms with E-state index in [1.807, 2.05) is 26.0 Å². The third kappa shape index (κ3) is 6.96. The molecule has 10 nitrogen and oxygen atoms in total. The molecule has 13 heteroatoms. The summed E-state index contributed by atoms with van der Waals surface area (Å²) in [4.78, 5) is 30.3. The molecule has 2 heterocycles. The summed E-state index contributed by atoms with van der Waals surface area (Å²) in [5, 5.41) is 22.7. The first-order valence-electron chi connectivity index (χ1n) is 9.72. The van der Waals surface area contributed by atoms with Gasteiger partial charge in [0.1, 0.15) is 0 Å². The van der Waals surface area contributed by atoms with E-state index in [-0.39, 0.29) is 17.1 Å².